The molecule has 1 aromatic rings. The summed E-state index contributed by atoms with van der Waals surface area (Å²) >= 11 is 0. The molecule has 0 aromatic heterocycles. The Hall–Kier alpha value is -2.80. The van der Waals surface area contributed by atoms with E-state index in [1.807, 2.05) is 24.3 Å². The predicted octanol–water partition coefficient (Wildman–Crippen LogP) is -0.644. The molecule has 198 valence electrons. The molecule has 11 nitrogen and oxygen atoms in total. The third kappa shape index (κ3) is 3.42. The van der Waals surface area contributed by atoms with Crippen LogP contribution >= 0.6 is 0 Å². The van der Waals surface area contributed by atoms with Crippen molar-refractivity contribution < 1.29 is 44.2 Å². The van der Waals surface area contributed by atoms with Crippen molar-refractivity contribution in [2.24, 2.45) is 11.8 Å². The van der Waals surface area contributed by atoms with Gasteiger partial charge in [-0.2, -0.15) is 0 Å². The summed E-state index contributed by atoms with van der Waals surface area (Å²) in [7, 11) is 0. The number of hydrogen-bond donors (Lipinski definition) is 5. The summed E-state index contributed by atoms with van der Waals surface area (Å²) in [5.41, 5.74) is 1.26. The molecule has 0 saturated carbocycles. The molecule has 37 heavy (non-hydrogen) atoms. The smallest absolute Gasteiger partial charge is 0.253 e. The molecular weight excluding hydrogens is 484 g/mol. The zero-order valence-corrected chi connectivity index (χ0v) is 20.0. The van der Waals surface area contributed by atoms with Crippen LogP contribution in [0, 0.1) is 11.8 Å². The van der Waals surface area contributed by atoms with Crippen molar-refractivity contribution in [3.05, 3.63) is 54.3 Å². The van der Waals surface area contributed by atoms with Crippen molar-refractivity contribution in [2.45, 2.75) is 61.3 Å². The van der Waals surface area contributed by atoms with Crippen molar-refractivity contribution >= 4 is 17.5 Å². The van der Waals surface area contributed by atoms with Gasteiger partial charge < -0.3 is 44.9 Å². The molecule has 1 spiro atoms. The van der Waals surface area contributed by atoms with Crippen molar-refractivity contribution in [1.82, 2.24) is 4.90 Å². The van der Waals surface area contributed by atoms with Gasteiger partial charge in [-0.1, -0.05) is 24.3 Å². The summed E-state index contributed by atoms with van der Waals surface area (Å²) in [5.74, 6) is -1.24. The molecule has 10 atom stereocenters. The van der Waals surface area contributed by atoms with E-state index in [4.69, 9.17) is 14.2 Å². The van der Waals surface area contributed by atoms with Crippen LogP contribution in [0.3, 0.4) is 0 Å². The van der Waals surface area contributed by atoms with Crippen molar-refractivity contribution in [3.8, 4) is 0 Å². The minimum atomic E-state index is -1.60. The Kier molecular flexibility index (Phi) is 5.90. The Morgan fingerprint density at radius 3 is 2.70 bits per heavy atom. The molecule has 6 rings (SSSR count). The summed E-state index contributed by atoms with van der Waals surface area (Å²) in [6.45, 7) is 3.77. The lowest BCUT2D eigenvalue weighted by molar-refractivity contribution is -0.339. The number of piperidine rings is 1. The van der Waals surface area contributed by atoms with Crippen molar-refractivity contribution in [2.75, 3.05) is 18.5 Å². The molecule has 11 heteroatoms. The summed E-state index contributed by atoms with van der Waals surface area (Å²) < 4.78 is 17.1. The number of aliphatic hydroxyl groups excluding tert-OH is 4. The minimum Gasteiger partial charge on any atom is -0.471 e. The SMILES string of the molecule is C=C[C@H]1C(O[C@@H]2O[C@H](CO)[C@@H](O)[C@H](O)[C@H]2O)OC=C2C(=O)N3CC[C@]4(C(=O)Nc5ccccc54)[C@H]3C[C@H]21. The maximum Gasteiger partial charge on any atom is 0.253 e. The number of hydrogen-bond acceptors (Lipinski definition) is 9. The number of nitrogens with one attached hydrogen (secondary N) is 1. The van der Waals surface area contributed by atoms with E-state index in [0.29, 0.717) is 25.0 Å². The van der Waals surface area contributed by atoms with Crippen LogP contribution in [0.25, 0.3) is 0 Å². The van der Waals surface area contributed by atoms with E-state index in [1.165, 1.54) is 6.26 Å². The van der Waals surface area contributed by atoms with E-state index in [-0.39, 0.29) is 23.8 Å². The number of carbonyl (C=O) groups excluding carboxylic acids is 2. The van der Waals surface area contributed by atoms with Gasteiger partial charge in [0.25, 0.3) is 5.91 Å². The summed E-state index contributed by atoms with van der Waals surface area (Å²) in [6, 6.07) is 7.19. The first kappa shape index (κ1) is 24.5. The minimum absolute atomic E-state index is 0.113. The van der Waals surface area contributed by atoms with Gasteiger partial charge in [-0.05, 0) is 24.5 Å². The van der Waals surface area contributed by atoms with Gasteiger partial charge in [-0.3, -0.25) is 9.59 Å². The van der Waals surface area contributed by atoms with E-state index in [0.717, 1.165) is 11.3 Å². The maximum atomic E-state index is 13.6. The first-order chi connectivity index (χ1) is 17.8. The first-order valence-corrected chi connectivity index (χ1v) is 12.5. The molecule has 5 aliphatic rings. The second-order valence-corrected chi connectivity index (χ2v) is 10.3. The van der Waals surface area contributed by atoms with E-state index < -0.39 is 54.9 Å². The standard InChI is InChI=1S/C26H30N2O9/c1-2-12-13-9-18-26(15-5-3-4-6-16(15)27-25(26)34)7-8-28(18)22(33)14(13)11-35-23(12)37-24-21(32)20(31)19(30)17(10-29)36-24/h2-6,11-13,17-21,23-24,29-32H,1,7-10H2,(H,27,34)/t12-,13+,17-,18-,19-,20+,21-,23?,24+,26-/m1/s1. The van der Waals surface area contributed by atoms with Crippen LogP contribution in [-0.2, 0) is 29.2 Å². The Morgan fingerprint density at radius 2 is 1.95 bits per heavy atom. The third-order valence-corrected chi connectivity index (χ3v) is 8.63. The molecule has 5 N–H and O–H groups in total. The Bertz CT molecular complexity index is 1150. The molecule has 1 unspecified atom stereocenters. The zero-order chi connectivity index (χ0) is 26.1. The quantitative estimate of drug-likeness (QED) is 0.330. The average Bonchev–Trinajstić information content (AvgIpc) is 3.43. The molecule has 2 amide bonds. The van der Waals surface area contributed by atoms with Gasteiger partial charge in [0.1, 0.15) is 24.4 Å². The number of anilines is 1. The number of aliphatic hydroxyl groups is 4. The van der Waals surface area contributed by atoms with Gasteiger partial charge in [-0.25, -0.2) is 0 Å². The van der Waals surface area contributed by atoms with Crippen molar-refractivity contribution in [1.29, 1.82) is 0 Å². The lowest BCUT2D eigenvalue weighted by Gasteiger charge is -2.47. The molecule has 3 saturated heterocycles. The van der Waals surface area contributed by atoms with Gasteiger partial charge in [0, 0.05) is 24.1 Å². The van der Waals surface area contributed by atoms with Crippen molar-refractivity contribution in [3.63, 3.8) is 0 Å². The number of amides is 2. The molecule has 0 bridgehead atoms. The normalized spacial score (nSPS) is 42.4. The highest BCUT2D eigenvalue weighted by atomic mass is 16.8. The largest absolute Gasteiger partial charge is 0.471 e. The maximum absolute atomic E-state index is 13.6. The van der Waals surface area contributed by atoms with E-state index in [1.54, 1.807) is 11.0 Å². The monoisotopic (exact) mass is 514 g/mol. The predicted molar refractivity (Wildman–Crippen MR) is 126 cm³/mol. The fourth-order valence-electron chi connectivity index (χ4n) is 6.70. The molecule has 5 heterocycles. The van der Waals surface area contributed by atoms with Crippen LogP contribution in [-0.4, -0.2) is 93.3 Å². The topological polar surface area (TPSA) is 158 Å². The van der Waals surface area contributed by atoms with Gasteiger partial charge >= 0.3 is 0 Å². The lowest BCUT2D eigenvalue weighted by atomic mass is 9.67. The number of carbonyl (C=O) groups is 2. The van der Waals surface area contributed by atoms with Gasteiger partial charge in [0.2, 0.25) is 12.2 Å². The fourth-order valence-corrected chi connectivity index (χ4v) is 6.70. The van der Waals surface area contributed by atoms with Gasteiger partial charge in [0.05, 0.1) is 29.9 Å². The second-order valence-electron chi connectivity index (χ2n) is 10.3. The highest BCUT2D eigenvalue weighted by Gasteiger charge is 2.62. The summed E-state index contributed by atoms with van der Waals surface area (Å²) in [6.07, 6.45) is -4.35. The molecule has 5 aliphatic heterocycles. The van der Waals surface area contributed by atoms with Crippen LogP contribution in [0.1, 0.15) is 18.4 Å². The Balaban J connectivity index is 1.29. The van der Waals surface area contributed by atoms with E-state index in [2.05, 4.69) is 11.9 Å². The first-order valence-electron chi connectivity index (χ1n) is 12.5. The van der Waals surface area contributed by atoms with Gasteiger partial charge in [0.15, 0.2) is 6.29 Å². The van der Waals surface area contributed by atoms with Gasteiger partial charge in [-0.15, -0.1) is 6.58 Å². The molecule has 1 aromatic carbocycles. The number of benzene rings is 1. The molecule has 3 fully saturated rings. The van der Waals surface area contributed by atoms with Crippen LogP contribution in [0.2, 0.25) is 0 Å². The molecular formula is C26H30N2O9. The number of nitrogens with zero attached hydrogens (tertiary/aromatic N) is 1. The van der Waals surface area contributed by atoms with E-state index >= 15 is 0 Å². The lowest BCUT2D eigenvalue weighted by Crippen LogP contribution is -2.60. The second kappa shape index (κ2) is 8.90. The number of fused-ring (bicyclic) bond motifs is 5. The number of rotatable bonds is 4. The Morgan fingerprint density at radius 1 is 1.16 bits per heavy atom. The van der Waals surface area contributed by atoms with Crippen LogP contribution in [0.4, 0.5) is 5.69 Å². The fraction of sp³-hybridized carbons (Fsp3) is 0.538. The van der Waals surface area contributed by atoms with Crippen LogP contribution in [0.5, 0.6) is 0 Å². The molecule has 0 aliphatic carbocycles. The van der Waals surface area contributed by atoms with E-state index in [9.17, 15) is 30.0 Å². The number of para-hydroxylation sites is 1. The van der Waals surface area contributed by atoms with Crippen LogP contribution < -0.4 is 5.32 Å². The molecule has 0 radical (unpaired) electrons. The Labute approximate surface area is 212 Å². The highest BCUT2D eigenvalue weighted by Crippen LogP contribution is 2.54. The highest BCUT2D eigenvalue weighted by molar-refractivity contribution is 6.08. The number of ether oxygens (including phenoxy) is 3. The van der Waals surface area contributed by atoms with Crippen LogP contribution in [0.15, 0.2) is 48.8 Å². The zero-order valence-electron chi connectivity index (χ0n) is 20.0. The average molecular weight is 515 g/mol. The summed E-state index contributed by atoms with van der Waals surface area (Å²) in [4.78, 5) is 28.7. The summed E-state index contributed by atoms with van der Waals surface area (Å²) in [5, 5.41) is 43.1. The third-order valence-electron chi connectivity index (χ3n) is 8.63.